The van der Waals surface area contributed by atoms with Crippen molar-refractivity contribution in [1.29, 1.82) is 0 Å². The van der Waals surface area contributed by atoms with Gasteiger partial charge in [-0.15, -0.1) is 0 Å². The van der Waals surface area contributed by atoms with Crippen molar-refractivity contribution < 1.29 is 4.79 Å². The molecule has 2 aromatic rings. The van der Waals surface area contributed by atoms with E-state index in [0.29, 0.717) is 11.3 Å². The van der Waals surface area contributed by atoms with Crippen LogP contribution in [-0.2, 0) is 0 Å². The summed E-state index contributed by atoms with van der Waals surface area (Å²) in [5.74, 6) is -0.578. The van der Waals surface area contributed by atoms with Crippen LogP contribution in [0, 0.1) is 0 Å². The van der Waals surface area contributed by atoms with E-state index in [0.717, 1.165) is 5.56 Å². The minimum Gasteiger partial charge on any atom is -0.370 e. The number of hydrogen-bond acceptors (Lipinski definition) is 2. The number of carbonyl (C=O) groups is 1. The van der Waals surface area contributed by atoms with Gasteiger partial charge in [0.15, 0.2) is 5.96 Å². The van der Waals surface area contributed by atoms with Crippen molar-refractivity contribution in [3.8, 4) is 0 Å². The molecule has 0 saturated heterocycles. The topological polar surface area (TPSA) is 132 Å². The molecule has 0 spiro atoms. The molecule has 24 heavy (non-hydrogen) atoms. The number of amides is 1. The van der Waals surface area contributed by atoms with Gasteiger partial charge in [0.05, 0.1) is 17.3 Å². The summed E-state index contributed by atoms with van der Waals surface area (Å²) >= 11 is 0. The van der Waals surface area contributed by atoms with Gasteiger partial charge in [0.2, 0.25) is 5.96 Å². The smallest absolute Gasteiger partial charge is 0.253 e. The van der Waals surface area contributed by atoms with Gasteiger partial charge in [0.25, 0.3) is 5.91 Å². The van der Waals surface area contributed by atoms with Crippen molar-refractivity contribution in [2.24, 2.45) is 27.2 Å². The number of nitrogens with one attached hydrogen (secondary N) is 1. The molecular weight excluding hydrogens is 304 g/mol. The minimum absolute atomic E-state index is 0.119. The van der Waals surface area contributed by atoms with Crippen LogP contribution >= 0.6 is 0 Å². The molecule has 124 valence electrons. The second kappa shape index (κ2) is 7.77. The zero-order valence-corrected chi connectivity index (χ0v) is 13.3. The summed E-state index contributed by atoms with van der Waals surface area (Å²) in [5.41, 5.74) is 17.9. The van der Waals surface area contributed by atoms with E-state index in [-0.39, 0.29) is 23.9 Å². The molecule has 1 unspecified atom stereocenters. The maximum Gasteiger partial charge on any atom is 0.253 e. The highest BCUT2D eigenvalue weighted by molar-refractivity contribution is 6.01. The lowest BCUT2D eigenvalue weighted by molar-refractivity contribution is 0.0940. The second-order valence-electron chi connectivity index (χ2n) is 5.13. The van der Waals surface area contributed by atoms with Crippen molar-refractivity contribution in [1.82, 2.24) is 5.32 Å². The van der Waals surface area contributed by atoms with Gasteiger partial charge in [-0.05, 0) is 24.6 Å². The van der Waals surface area contributed by atoms with Crippen molar-refractivity contribution in [3.05, 3.63) is 65.7 Å². The highest BCUT2D eigenvalue weighted by Crippen LogP contribution is 2.20. The predicted molar refractivity (Wildman–Crippen MR) is 95.9 cm³/mol. The molecule has 1 amide bonds. The molecule has 0 aliphatic carbocycles. The van der Waals surface area contributed by atoms with Crippen molar-refractivity contribution in [2.75, 3.05) is 0 Å². The molecule has 7 heteroatoms. The molecule has 0 aliphatic heterocycles. The van der Waals surface area contributed by atoms with E-state index in [9.17, 15) is 4.79 Å². The first-order valence-corrected chi connectivity index (χ1v) is 7.36. The van der Waals surface area contributed by atoms with Gasteiger partial charge >= 0.3 is 0 Å². The van der Waals surface area contributed by atoms with Crippen LogP contribution < -0.4 is 22.5 Å². The van der Waals surface area contributed by atoms with Crippen LogP contribution in [0.15, 0.2) is 64.6 Å². The number of rotatable bonds is 4. The number of carbonyl (C=O) groups excluding carboxylic acids is 1. The van der Waals surface area contributed by atoms with Crippen LogP contribution in [0.4, 0.5) is 5.69 Å². The third-order valence-electron chi connectivity index (χ3n) is 3.27. The lowest BCUT2D eigenvalue weighted by Gasteiger charge is -2.15. The number of nitrogens with two attached hydrogens (primary N) is 3. The molecular formula is C17H20N6O. The normalized spacial score (nSPS) is 12.3. The molecule has 2 rings (SSSR count). The Morgan fingerprint density at radius 2 is 1.62 bits per heavy atom. The second-order valence-corrected chi connectivity index (χ2v) is 5.13. The van der Waals surface area contributed by atoms with Crippen LogP contribution in [0.3, 0.4) is 0 Å². The quantitative estimate of drug-likeness (QED) is 0.500. The zero-order chi connectivity index (χ0) is 17.5. The molecule has 0 aliphatic rings. The number of para-hydroxylation sites is 1. The zero-order valence-electron chi connectivity index (χ0n) is 13.3. The standard InChI is InChI=1S/C17H20N6O/c1-11(12-7-3-2-4-8-12)21-15(24)13-9-5-6-10-14(13)22-17(20)23-16(18)19/h2-11H,1H3,(H,21,24)(H6,18,19,20,22,23). The third kappa shape index (κ3) is 4.57. The molecule has 2 aromatic carbocycles. The summed E-state index contributed by atoms with van der Waals surface area (Å²) in [7, 11) is 0. The van der Waals surface area contributed by atoms with E-state index in [2.05, 4.69) is 15.3 Å². The van der Waals surface area contributed by atoms with E-state index in [1.54, 1.807) is 24.3 Å². The van der Waals surface area contributed by atoms with E-state index in [1.165, 1.54) is 0 Å². The van der Waals surface area contributed by atoms with E-state index >= 15 is 0 Å². The lowest BCUT2D eigenvalue weighted by Crippen LogP contribution is -2.27. The van der Waals surface area contributed by atoms with Crippen LogP contribution in [0.1, 0.15) is 28.9 Å². The van der Waals surface area contributed by atoms with Gasteiger partial charge in [-0.25, -0.2) is 4.99 Å². The van der Waals surface area contributed by atoms with Gasteiger partial charge in [-0.1, -0.05) is 42.5 Å². The van der Waals surface area contributed by atoms with E-state index < -0.39 is 0 Å². The Morgan fingerprint density at radius 1 is 1.00 bits per heavy atom. The van der Waals surface area contributed by atoms with Crippen LogP contribution in [0.5, 0.6) is 0 Å². The average Bonchev–Trinajstić information content (AvgIpc) is 2.55. The predicted octanol–water partition coefficient (Wildman–Crippen LogP) is 1.40. The molecule has 0 bridgehead atoms. The number of benzene rings is 2. The summed E-state index contributed by atoms with van der Waals surface area (Å²) < 4.78 is 0. The van der Waals surface area contributed by atoms with Gasteiger partial charge in [0, 0.05) is 0 Å². The maximum atomic E-state index is 12.5. The summed E-state index contributed by atoms with van der Waals surface area (Å²) in [6.45, 7) is 1.91. The van der Waals surface area contributed by atoms with Crippen LogP contribution in [0.25, 0.3) is 0 Å². The van der Waals surface area contributed by atoms with Crippen LogP contribution in [0.2, 0.25) is 0 Å². The highest BCUT2D eigenvalue weighted by atomic mass is 16.1. The van der Waals surface area contributed by atoms with Crippen molar-refractivity contribution in [2.45, 2.75) is 13.0 Å². The first kappa shape index (κ1) is 17.0. The fourth-order valence-corrected chi connectivity index (χ4v) is 2.14. The average molecular weight is 324 g/mol. The number of aliphatic imine (C=N–C) groups is 2. The van der Waals surface area contributed by atoms with E-state index in [1.807, 2.05) is 37.3 Å². The Bertz CT molecular complexity index is 766. The van der Waals surface area contributed by atoms with Crippen LogP contribution in [-0.4, -0.2) is 17.8 Å². The fraction of sp³-hybridized carbons (Fsp3) is 0.118. The molecule has 0 saturated carbocycles. The number of guanidine groups is 2. The Labute approximate surface area is 140 Å². The van der Waals surface area contributed by atoms with Crippen molar-refractivity contribution in [3.63, 3.8) is 0 Å². The number of hydrogen-bond donors (Lipinski definition) is 4. The largest absolute Gasteiger partial charge is 0.370 e. The molecule has 7 nitrogen and oxygen atoms in total. The van der Waals surface area contributed by atoms with Crippen molar-refractivity contribution >= 4 is 23.5 Å². The summed E-state index contributed by atoms with van der Waals surface area (Å²) in [4.78, 5) is 20.3. The van der Waals surface area contributed by atoms with E-state index in [4.69, 9.17) is 17.2 Å². The summed E-state index contributed by atoms with van der Waals surface area (Å²) in [6, 6.07) is 16.3. The Hall–Kier alpha value is -3.35. The first-order valence-electron chi connectivity index (χ1n) is 7.36. The molecule has 0 fully saturated rings. The van der Waals surface area contributed by atoms with Gasteiger partial charge in [-0.2, -0.15) is 4.99 Å². The monoisotopic (exact) mass is 324 g/mol. The van der Waals surface area contributed by atoms with Gasteiger partial charge in [0.1, 0.15) is 0 Å². The Balaban J connectivity index is 2.23. The molecule has 0 radical (unpaired) electrons. The number of nitrogens with zero attached hydrogens (tertiary/aromatic N) is 2. The summed E-state index contributed by atoms with van der Waals surface area (Å²) in [5, 5.41) is 2.93. The van der Waals surface area contributed by atoms with Gasteiger partial charge < -0.3 is 22.5 Å². The minimum atomic E-state index is -0.261. The molecule has 1 atom stereocenters. The maximum absolute atomic E-state index is 12.5. The molecule has 0 heterocycles. The first-order chi connectivity index (χ1) is 11.5. The molecule has 7 N–H and O–H groups in total. The highest BCUT2D eigenvalue weighted by Gasteiger charge is 2.14. The molecule has 0 aromatic heterocycles. The third-order valence-corrected chi connectivity index (χ3v) is 3.27. The Morgan fingerprint density at radius 3 is 2.29 bits per heavy atom. The lowest BCUT2D eigenvalue weighted by atomic mass is 10.1. The Kier molecular flexibility index (Phi) is 5.51. The SMILES string of the molecule is CC(NC(=O)c1ccccc1N=C(N)N=C(N)N)c1ccccc1. The van der Waals surface area contributed by atoms with Gasteiger partial charge in [-0.3, -0.25) is 4.79 Å². The summed E-state index contributed by atoms with van der Waals surface area (Å²) in [6.07, 6.45) is 0. The fourth-order valence-electron chi connectivity index (χ4n) is 2.14.